The minimum absolute atomic E-state index is 0.214. The molecular weight excluding hydrogens is 220 g/mol. The normalized spacial score (nSPS) is 10.9. The first-order chi connectivity index (χ1) is 8.16. The quantitative estimate of drug-likeness (QED) is 0.635. The summed E-state index contributed by atoms with van der Waals surface area (Å²) >= 11 is 0. The Balaban J connectivity index is 1.97. The predicted octanol–water partition coefficient (Wildman–Crippen LogP) is 1.09. The van der Waals surface area contributed by atoms with E-state index in [0.29, 0.717) is 5.76 Å². The molecule has 6 nitrogen and oxygen atoms in total. The zero-order valence-corrected chi connectivity index (χ0v) is 9.54. The van der Waals surface area contributed by atoms with Gasteiger partial charge in [0.25, 0.3) is 5.91 Å². The summed E-state index contributed by atoms with van der Waals surface area (Å²) in [4.78, 5) is 11.5. The lowest BCUT2D eigenvalue weighted by Gasteiger charge is -1.96. The van der Waals surface area contributed by atoms with Gasteiger partial charge in [-0.2, -0.15) is 5.10 Å². The number of aromatic nitrogens is 2. The van der Waals surface area contributed by atoms with Crippen LogP contribution in [-0.4, -0.2) is 21.8 Å². The van der Waals surface area contributed by atoms with Gasteiger partial charge in [-0.05, 0) is 19.1 Å². The fourth-order valence-corrected chi connectivity index (χ4v) is 1.30. The molecule has 0 unspecified atom stereocenters. The molecule has 0 aliphatic carbocycles. The number of carbonyl (C=O) groups is 1. The Kier molecular flexibility index (Phi) is 3.04. The van der Waals surface area contributed by atoms with E-state index in [1.165, 1.54) is 0 Å². The molecule has 1 amide bonds. The Bertz CT molecular complexity index is 553. The van der Waals surface area contributed by atoms with Gasteiger partial charge in [-0.15, -0.1) is 0 Å². The standard InChI is InChI=1S/C11H12N4O2/c1-8-6-10(14-17-8)11(16)13-12-7-9-4-3-5-15(9)2/h3-7H,1-2H3,(H,13,16). The molecule has 2 aromatic heterocycles. The van der Waals surface area contributed by atoms with Crippen LogP contribution in [0.15, 0.2) is 34.0 Å². The number of carbonyl (C=O) groups excluding carboxylic acids is 1. The van der Waals surface area contributed by atoms with Gasteiger partial charge in [0.05, 0.1) is 11.9 Å². The first kappa shape index (κ1) is 11.1. The van der Waals surface area contributed by atoms with Gasteiger partial charge in [-0.25, -0.2) is 5.43 Å². The second kappa shape index (κ2) is 4.65. The summed E-state index contributed by atoms with van der Waals surface area (Å²) in [6.45, 7) is 1.72. The maximum absolute atomic E-state index is 11.5. The maximum Gasteiger partial charge on any atom is 0.293 e. The van der Waals surface area contributed by atoms with Crippen LogP contribution in [0.1, 0.15) is 21.9 Å². The number of hydrazone groups is 1. The van der Waals surface area contributed by atoms with Crippen molar-refractivity contribution in [3.63, 3.8) is 0 Å². The first-order valence-corrected chi connectivity index (χ1v) is 5.05. The second-order valence-electron chi connectivity index (χ2n) is 3.57. The maximum atomic E-state index is 11.5. The number of amides is 1. The number of rotatable bonds is 3. The van der Waals surface area contributed by atoms with Gasteiger partial charge in [0, 0.05) is 19.3 Å². The van der Waals surface area contributed by atoms with E-state index in [1.807, 2.05) is 29.9 Å². The van der Waals surface area contributed by atoms with Gasteiger partial charge in [-0.1, -0.05) is 5.16 Å². The summed E-state index contributed by atoms with van der Waals surface area (Å²) in [5.41, 5.74) is 3.48. The summed E-state index contributed by atoms with van der Waals surface area (Å²) in [6, 6.07) is 5.33. The number of nitrogens with one attached hydrogen (secondary N) is 1. The van der Waals surface area contributed by atoms with Crippen molar-refractivity contribution in [2.45, 2.75) is 6.92 Å². The topological polar surface area (TPSA) is 72.4 Å². The monoisotopic (exact) mass is 232 g/mol. The van der Waals surface area contributed by atoms with E-state index in [0.717, 1.165) is 5.69 Å². The number of nitrogens with zero attached hydrogens (tertiary/aromatic N) is 3. The molecule has 2 rings (SSSR count). The van der Waals surface area contributed by atoms with Crippen molar-refractivity contribution >= 4 is 12.1 Å². The van der Waals surface area contributed by atoms with E-state index in [2.05, 4.69) is 15.7 Å². The highest BCUT2D eigenvalue weighted by molar-refractivity contribution is 5.92. The predicted molar refractivity (Wildman–Crippen MR) is 61.7 cm³/mol. The summed E-state index contributed by atoms with van der Waals surface area (Å²) in [7, 11) is 1.89. The summed E-state index contributed by atoms with van der Waals surface area (Å²) in [5, 5.41) is 7.42. The fourth-order valence-electron chi connectivity index (χ4n) is 1.30. The molecule has 17 heavy (non-hydrogen) atoms. The van der Waals surface area contributed by atoms with Crippen molar-refractivity contribution in [3.8, 4) is 0 Å². The van der Waals surface area contributed by atoms with E-state index in [4.69, 9.17) is 4.52 Å². The van der Waals surface area contributed by atoms with E-state index in [-0.39, 0.29) is 5.69 Å². The Morgan fingerprint density at radius 3 is 3.06 bits per heavy atom. The van der Waals surface area contributed by atoms with Crippen LogP contribution in [0.3, 0.4) is 0 Å². The highest BCUT2D eigenvalue weighted by atomic mass is 16.5. The lowest BCUT2D eigenvalue weighted by molar-refractivity contribution is 0.0946. The van der Waals surface area contributed by atoms with Crippen LogP contribution in [0.2, 0.25) is 0 Å². The van der Waals surface area contributed by atoms with Gasteiger partial charge < -0.3 is 9.09 Å². The molecule has 0 atom stereocenters. The van der Waals surface area contributed by atoms with Crippen LogP contribution in [-0.2, 0) is 7.05 Å². The molecule has 2 heterocycles. The third-order valence-electron chi connectivity index (χ3n) is 2.21. The number of hydrogen-bond acceptors (Lipinski definition) is 4. The van der Waals surface area contributed by atoms with Crippen molar-refractivity contribution in [3.05, 3.63) is 41.5 Å². The fraction of sp³-hybridized carbons (Fsp3) is 0.182. The molecular formula is C11H12N4O2. The third-order valence-corrected chi connectivity index (χ3v) is 2.21. The molecule has 0 aromatic carbocycles. The molecule has 1 N–H and O–H groups in total. The molecule has 0 saturated heterocycles. The van der Waals surface area contributed by atoms with Crippen molar-refractivity contribution in [1.82, 2.24) is 15.1 Å². The second-order valence-corrected chi connectivity index (χ2v) is 3.57. The van der Waals surface area contributed by atoms with Gasteiger partial charge in [0.15, 0.2) is 5.69 Å². The highest BCUT2D eigenvalue weighted by Crippen LogP contribution is 2.00. The Morgan fingerprint density at radius 2 is 2.47 bits per heavy atom. The average Bonchev–Trinajstić information content (AvgIpc) is 2.88. The third kappa shape index (κ3) is 2.60. The molecule has 0 aliphatic rings. The van der Waals surface area contributed by atoms with E-state index >= 15 is 0 Å². The Labute approximate surface area is 97.9 Å². The van der Waals surface area contributed by atoms with Crippen molar-refractivity contribution in [2.24, 2.45) is 12.1 Å². The van der Waals surface area contributed by atoms with Crippen molar-refractivity contribution < 1.29 is 9.32 Å². The molecule has 0 radical (unpaired) electrons. The van der Waals surface area contributed by atoms with Gasteiger partial charge in [0.1, 0.15) is 5.76 Å². The Morgan fingerprint density at radius 1 is 1.65 bits per heavy atom. The van der Waals surface area contributed by atoms with Crippen LogP contribution < -0.4 is 5.43 Å². The van der Waals surface area contributed by atoms with E-state index < -0.39 is 5.91 Å². The van der Waals surface area contributed by atoms with Crippen LogP contribution in [0.5, 0.6) is 0 Å². The minimum Gasteiger partial charge on any atom is -0.361 e. The molecule has 88 valence electrons. The van der Waals surface area contributed by atoms with Crippen molar-refractivity contribution in [1.29, 1.82) is 0 Å². The lowest BCUT2D eigenvalue weighted by Crippen LogP contribution is -2.18. The van der Waals surface area contributed by atoms with Gasteiger partial charge in [-0.3, -0.25) is 4.79 Å². The van der Waals surface area contributed by atoms with Crippen LogP contribution in [0.4, 0.5) is 0 Å². The zero-order valence-electron chi connectivity index (χ0n) is 9.54. The summed E-state index contributed by atoms with van der Waals surface area (Å²) < 4.78 is 6.67. The molecule has 0 fully saturated rings. The van der Waals surface area contributed by atoms with Crippen LogP contribution >= 0.6 is 0 Å². The smallest absolute Gasteiger partial charge is 0.293 e. The first-order valence-electron chi connectivity index (χ1n) is 5.05. The lowest BCUT2D eigenvalue weighted by atomic mass is 10.4. The number of aryl methyl sites for hydroxylation is 2. The summed E-state index contributed by atoms with van der Waals surface area (Å²) in [5.74, 6) is 0.189. The molecule has 0 saturated carbocycles. The van der Waals surface area contributed by atoms with Gasteiger partial charge >= 0.3 is 0 Å². The molecule has 2 aromatic rings. The van der Waals surface area contributed by atoms with Gasteiger partial charge in [0.2, 0.25) is 0 Å². The van der Waals surface area contributed by atoms with Crippen LogP contribution in [0.25, 0.3) is 0 Å². The van der Waals surface area contributed by atoms with Crippen molar-refractivity contribution in [2.75, 3.05) is 0 Å². The van der Waals surface area contributed by atoms with E-state index in [9.17, 15) is 4.79 Å². The highest BCUT2D eigenvalue weighted by Gasteiger charge is 2.09. The number of hydrogen-bond donors (Lipinski definition) is 1. The molecule has 6 heteroatoms. The van der Waals surface area contributed by atoms with E-state index in [1.54, 1.807) is 19.2 Å². The summed E-state index contributed by atoms with van der Waals surface area (Å²) in [6.07, 6.45) is 3.45. The SMILES string of the molecule is Cc1cc(C(=O)NN=Cc2cccn2C)no1. The Hall–Kier alpha value is -2.37. The molecule has 0 aliphatic heterocycles. The molecule has 0 bridgehead atoms. The zero-order chi connectivity index (χ0) is 12.3. The largest absolute Gasteiger partial charge is 0.361 e. The minimum atomic E-state index is -0.396. The van der Waals surface area contributed by atoms with Crippen LogP contribution in [0, 0.1) is 6.92 Å². The molecule has 0 spiro atoms. The average molecular weight is 232 g/mol.